The van der Waals surface area contributed by atoms with Crippen LogP contribution in [0, 0.1) is 17.8 Å². The molecule has 3 aliphatic rings. The number of nitrogens with one attached hydrogen (secondary N) is 1. The molecule has 1 N–H and O–H groups in total. The lowest BCUT2D eigenvalue weighted by molar-refractivity contribution is -0.133. The first-order valence-corrected chi connectivity index (χ1v) is 8.14. The van der Waals surface area contributed by atoms with Crippen LogP contribution in [-0.4, -0.2) is 36.5 Å². The third-order valence-corrected chi connectivity index (χ3v) is 5.68. The van der Waals surface area contributed by atoms with E-state index in [1.54, 1.807) is 0 Å². The molecule has 19 heavy (non-hydrogen) atoms. The van der Waals surface area contributed by atoms with Crippen LogP contribution < -0.4 is 5.32 Å². The molecular formula is C16H28N2O. The van der Waals surface area contributed by atoms with Gasteiger partial charge in [-0.05, 0) is 63.2 Å². The second-order valence-electron chi connectivity index (χ2n) is 7.20. The van der Waals surface area contributed by atoms with E-state index in [1.165, 1.54) is 38.5 Å². The van der Waals surface area contributed by atoms with Gasteiger partial charge in [0.2, 0.25) is 5.91 Å². The highest BCUT2D eigenvalue weighted by Crippen LogP contribution is 2.48. The molecule has 3 fully saturated rings. The molecule has 3 nitrogen and oxygen atoms in total. The fourth-order valence-electron chi connectivity index (χ4n) is 4.64. The van der Waals surface area contributed by atoms with E-state index in [1.807, 2.05) is 11.9 Å². The lowest BCUT2D eigenvalue weighted by Crippen LogP contribution is -2.51. The Balaban J connectivity index is 1.52. The number of nitrogens with zero attached hydrogens (tertiary/aromatic N) is 1. The zero-order valence-electron chi connectivity index (χ0n) is 12.4. The highest BCUT2D eigenvalue weighted by Gasteiger charge is 2.40. The molecule has 0 aromatic rings. The summed E-state index contributed by atoms with van der Waals surface area (Å²) in [5, 5.41) is 3.46. The molecule has 1 saturated heterocycles. The molecule has 108 valence electrons. The normalized spacial score (nSPS) is 41.5. The molecule has 2 bridgehead atoms. The van der Waals surface area contributed by atoms with Gasteiger partial charge in [0.05, 0.1) is 6.04 Å². The zero-order chi connectivity index (χ0) is 13.4. The monoisotopic (exact) mass is 264 g/mol. The van der Waals surface area contributed by atoms with Crippen molar-refractivity contribution >= 4 is 5.91 Å². The van der Waals surface area contributed by atoms with Gasteiger partial charge in [-0.25, -0.2) is 0 Å². The summed E-state index contributed by atoms with van der Waals surface area (Å²) in [6.45, 7) is 3.18. The van der Waals surface area contributed by atoms with Crippen molar-refractivity contribution in [1.82, 2.24) is 10.2 Å². The average molecular weight is 264 g/mol. The maximum atomic E-state index is 12.5. The quantitative estimate of drug-likeness (QED) is 0.849. The summed E-state index contributed by atoms with van der Waals surface area (Å²) < 4.78 is 0. The van der Waals surface area contributed by atoms with Crippen LogP contribution >= 0.6 is 0 Å². The van der Waals surface area contributed by atoms with Gasteiger partial charge in [0.25, 0.3) is 0 Å². The topological polar surface area (TPSA) is 32.3 Å². The van der Waals surface area contributed by atoms with Crippen molar-refractivity contribution < 1.29 is 4.79 Å². The largest absolute Gasteiger partial charge is 0.344 e. The lowest BCUT2D eigenvalue weighted by Gasteiger charge is -2.33. The molecule has 2 aliphatic carbocycles. The van der Waals surface area contributed by atoms with Crippen molar-refractivity contribution in [2.75, 3.05) is 13.6 Å². The molecule has 5 atom stereocenters. The number of fused-ring (bicyclic) bond motifs is 2. The highest BCUT2D eigenvalue weighted by atomic mass is 16.2. The number of rotatable bonds is 3. The number of hydrogen-bond acceptors (Lipinski definition) is 2. The summed E-state index contributed by atoms with van der Waals surface area (Å²) in [7, 11) is 2.01. The van der Waals surface area contributed by atoms with E-state index in [2.05, 4.69) is 12.2 Å². The molecule has 0 spiro atoms. The van der Waals surface area contributed by atoms with Crippen molar-refractivity contribution in [2.24, 2.45) is 17.8 Å². The van der Waals surface area contributed by atoms with E-state index in [4.69, 9.17) is 0 Å². The second kappa shape index (κ2) is 5.43. The van der Waals surface area contributed by atoms with E-state index < -0.39 is 0 Å². The van der Waals surface area contributed by atoms with E-state index >= 15 is 0 Å². The Morgan fingerprint density at radius 3 is 2.68 bits per heavy atom. The standard InChI is InChI=1S/C16H28N2O/c1-11-4-3-5-15(17-11)16(19)18(2)10-14-9-12-6-7-13(14)8-12/h11-15,17H,3-10H2,1-2H3. The van der Waals surface area contributed by atoms with Gasteiger partial charge in [0.15, 0.2) is 0 Å². The van der Waals surface area contributed by atoms with E-state index in [0.717, 1.165) is 30.7 Å². The SMILES string of the molecule is CC1CCCC(C(=O)N(C)CC2CC3CCC2C3)N1. The molecule has 1 amide bonds. The van der Waals surface area contributed by atoms with Gasteiger partial charge in [0, 0.05) is 19.6 Å². The Kier molecular flexibility index (Phi) is 3.84. The molecule has 3 rings (SSSR count). The Morgan fingerprint density at radius 2 is 2.05 bits per heavy atom. The van der Waals surface area contributed by atoms with Crippen LogP contribution in [0.2, 0.25) is 0 Å². The van der Waals surface area contributed by atoms with Crippen LogP contribution in [0.5, 0.6) is 0 Å². The maximum absolute atomic E-state index is 12.5. The third kappa shape index (κ3) is 2.81. The minimum atomic E-state index is 0.0762. The predicted octanol–water partition coefficient (Wildman–Crippen LogP) is 2.41. The molecule has 2 saturated carbocycles. The van der Waals surface area contributed by atoms with Crippen molar-refractivity contribution in [3.05, 3.63) is 0 Å². The van der Waals surface area contributed by atoms with E-state index in [9.17, 15) is 4.79 Å². The van der Waals surface area contributed by atoms with Gasteiger partial charge < -0.3 is 10.2 Å². The van der Waals surface area contributed by atoms with Crippen molar-refractivity contribution in [1.29, 1.82) is 0 Å². The van der Waals surface area contributed by atoms with E-state index in [0.29, 0.717) is 11.9 Å². The van der Waals surface area contributed by atoms with Gasteiger partial charge in [-0.15, -0.1) is 0 Å². The second-order valence-corrected chi connectivity index (χ2v) is 7.20. The molecule has 0 aromatic carbocycles. The molecule has 1 aliphatic heterocycles. The van der Waals surface area contributed by atoms with Gasteiger partial charge in [-0.1, -0.05) is 6.42 Å². The van der Waals surface area contributed by atoms with Crippen LogP contribution in [0.25, 0.3) is 0 Å². The van der Waals surface area contributed by atoms with Gasteiger partial charge in [0.1, 0.15) is 0 Å². The fraction of sp³-hybridized carbons (Fsp3) is 0.938. The molecule has 0 radical (unpaired) electrons. The van der Waals surface area contributed by atoms with Crippen molar-refractivity contribution in [3.8, 4) is 0 Å². The van der Waals surface area contributed by atoms with Crippen molar-refractivity contribution in [2.45, 2.75) is 64.0 Å². The minimum Gasteiger partial charge on any atom is -0.344 e. The Morgan fingerprint density at radius 1 is 1.21 bits per heavy atom. The zero-order valence-corrected chi connectivity index (χ0v) is 12.4. The van der Waals surface area contributed by atoms with Crippen LogP contribution in [0.4, 0.5) is 0 Å². The molecule has 5 unspecified atom stereocenters. The summed E-state index contributed by atoms with van der Waals surface area (Å²) in [6.07, 6.45) is 9.08. The van der Waals surface area contributed by atoms with E-state index in [-0.39, 0.29) is 6.04 Å². The van der Waals surface area contributed by atoms with Crippen molar-refractivity contribution in [3.63, 3.8) is 0 Å². The number of piperidine rings is 1. The Labute approximate surface area is 117 Å². The molecule has 0 aromatic heterocycles. The van der Waals surface area contributed by atoms with Crippen LogP contribution in [0.1, 0.15) is 51.9 Å². The smallest absolute Gasteiger partial charge is 0.239 e. The number of likely N-dealkylation sites (N-methyl/N-ethyl adjacent to an activating group) is 1. The van der Waals surface area contributed by atoms with Crippen LogP contribution in [0.3, 0.4) is 0 Å². The molecule has 3 heteroatoms. The Hall–Kier alpha value is -0.570. The average Bonchev–Trinajstić information content (AvgIpc) is 3.00. The van der Waals surface area contributed by atoms with Gasteiger partial charge >= 0.3 is 0 Å². The summed E-state index contributed by atoms with van der Waals surface area (Å²) in [6, 6.07) is 0.575. The first-order valence-electron chi connectivity index (χ1n) is 8.14. The lowest BCUT2D eigenvalue weighted by atomic mass is 9.88. The van der Waals surface area contributed by atoms with Crippen LogP contribution in [0.15, 0.2) is 0 Å². The predicted molar refractivity (Wildman–Crippen MR) is 76.8 cm³/mol. The minimum absolute atomic E-state index is 0.0762. The summed E-state index contributed by atoms with van der Waals surface area (Å²) in [4.78, 5) is 14.5. The third-order valence-electron chi connectivity index (χ3n) is 5.68. The molecular weight excluding hydrogens is 236 g/mol. The maximum Gasteiger partial charge on any atom is 0.239 e. The first kappa shape index (κ1) is 13.4. The first-order chi connectivity index (χ1) is 9.13. The fourth-order valence-corrected chi connectivity index (χ4v) is 4.64. The molecule has 1 heterocycles. The highest BCUT2D eigenvalue weighted by molar-refractivity contribution is 5.81. The summed E-state index contributed by atoms with van der Waals surface area (Å²) in [5.74, 6) is 3.01. The van der Waals surface area contributed by atoms with Gasteiger partial charge in [-0.3, -0.25) is 4.79 Å². The number of amides is 1. The Bertz CT molecular complexity index is 344. The van der Waals surface area contributed by atoms with Gasteiger partial charge in [-0.2, -0.15) is 0 Å². The summed E-state index contributed by atoms with van der Waals surface area (Å²) in [5.41, 5.74) is 0. The number of carbonyl (C=O) groups is 1. The number of hydrogen-bond donors (Lipinski definition) is 1. The number of carbonyl (C=O) groups excluding carboxylic acids is 1. The van der Waals surface area contributed by atoms with Crippen LogP contribution in [-0.2, 0) is 4.79 Å². The summed E-state index contributed by atoms with van der Waals surface area (Å²) >= 11 is 0.